The zero-order chi connectivity index (χ0) is 25.2. The van der Waals surface area contributed by atoms with E-state index in [1.165, 1.54) is 11.8 Å². The average molecular weight is 485 g/mol. The number of ether oxygens (including phenoxy) is 1. The number of piperidine rings is 1. The van der Waals surface area contributed by atoms with Gasteiger partial charge in [-0.3, -0.25) is 9.59 Å². The van der Waals surface area contributed by atoms with Crippen LogP contribution in [0.25, 0.3) is 11.3 Å². The van der Waals surface area contributed by atoms with Gasteiger partial charge in [0.05, 0.1) is 25.3 Å². The highest BCUT2D eigenvalue weighted by Crippen LogP contribution is 2.34. The van der Waals surface area contributed by atoms with Crippen molar-refractivity contribution in [1.29, 1.82) is 0 Å². The van der Waals surface area contributed by atoms with Crippen molar-refractivity contribution in [1.82, 2.24) is 20.4 Å². The Balaban J connectivity index is 1.54. The number of nitrogens with two attached hydrogens (primary N) is 2. The third-order valence-corrected chi connectivity index (χ3v) is 5.87. The number of para-hydroxylation sites is 1. The van der Waals surface area contributed by atoms with Gasteiger partial charge < -0.3 is 26.8 Å². The molecular weight excluding hydrogens is 458 g/mol. The minimum Gasteiger partial charge on any atom is -0.496 e. The lowest BCUT2D eigenvalue weighted by Gasteiger charge is -2.30. The van der Waals surface area contributed by atoms with Gasteiger partial charge in [0.2, 0.25) is 0 Å². The van der Waals surface area contributed by atoms with E-state index < -0.39 is 30.8 Å². The van der Waals surface area contributed by atoms with Gasteiger partial charge in [0.1, 0.15) is 22.8 Å². The maximum absolute atomic E-state index is 13.9. The summed E-state index contributed by atoms with van der Waals surface area (Å²) in [5.41, 5.74) is 13.6. The fraction of sp³-hybridized carbons (Fsp3) is 0.292. The Morgan fingerprint density at radius 1 is 1.23 bits per heavy atom. The molecule has 1 atom stereocenters. The van der Waals surface area contributed by atoms with E-state index in [1.807, 2.05) is 0 Å². The molecule has 1 aliphatic heterocycles. The van der Waals surface area contributed by atoms with E-state index in [4.69, 9.17) is 16.2 Å². The number of carbonyl (C=O) groups is 2. The third-order valence-electron chi connectivity index (χ3n) is 5.87. The second-order valence-corrected chi connectivity index (χ2v) is 8.34. The minimum atomic E-state index is -2.91. The van der Waals surface area contributed by atoms with Crippen LogP contribution in [-0.4, -0.2) is 47.7 Å². The summed E-state index contributed by atoms with van der Waals surface area (Å²) in [5.74, 6) is -3.58. The summed E-state index contributed by atoms with van der Waals surface area (Å²) in [5, 5.41) is 9.89. The molecule has 1 aromatic heterocycles. The lowest BCUT2D eigenvalue weighted by atomic mass is 10.0. The molecule has 1 saturated heterocycles. The van der Waals surface area contributed by atoms with Crippen LogP contribution in [0, 0.1) is 0 Å². The molecule has 4 rings (SSSR count). The van der Waals surface area contributed by atoms with E-state index in [9.17, 15) is 18.4 Å². The number of hydrogen-bond acceptors (Lipinski definition) is 6. The number of carbonyl (C=O) groups excluding carboxylic acids is 2. The molecule has 2 heterocycles. The Bertz CT molecular complexity index is 1240. The van der Waals surface area contributed by atoms with Crippen molar-refractivity contribution >= 4 is 17.6 Å². The van der Waals surface area contributed by atoms with Crippen LogP contribution in [0.5, 0.6) is 5.75 Å². The van der Waals surface area contributed by atoms with E-state index in [0.717, 1.165) is 5.56 Å². The molecule has 0 bridgehead atoms. The molecule has 9 nitrogen and oxygen atoms in total. The molecule has 3 aromatic rings. The lowest BCUT2D eigenvalue weighted by Crippen LogP contribution is -2.45. The largest absolute Gasteiger partial charge is 0.496 e. The quantitative estimate of drug-likeness (QED) is 0.406. The lowest BCUT2D eigenvalue weighted by molar-refractivity contribution is -0.0377. The number of alkyl halides is 2. The van der Waals surface area contributed by atoms with Crippen LogP contribution < -0.4 is 26.8 Å². The molecule has 2 amide bonds. The van der Waals surface area contributed by atoms with Crippen LogP contribution in [0.2, 0.25) is 0 Å². The van der Waals surface area contributed by atoms with Crippen LogP contribution in [0.3, 0.4) is 0 Å². The van der Waals surface area contributed by atoms with Gasteiger partial charge in [-0.2, -0.15) is 5.10 Å². The van der Waals surface area contributed by atoms with Gasteiger partial charge in [-0.1, -0.05) is 36.4 Å². The van der Waals surface area contributed by atoms with Gasteiger partial charge in [-0.05, 0) is 17.7 Å². The Kier molecular flexibility index (Phi) is 6.70. The fourth-order valence-corrected chi connectivity index (χ4v) is 4.14. The second-order valence-electron chi connectivity index (χ2n) is 8.34. The number of anilines is 1. The van der Waals surface area contributed by atoms with Gasteiger partial charge in [0.25, 0.3) is 17.7 Å². The number of hydrogen-bond donors (Lipinski definition) is 4. The first kappa shape index (κ1) is 24.1. The summed E-state index contributed by atoms with van der Waals surface area (Å²) in [6, 6.07) is 13.1. The highest BCUT2D eigenvalue weighted by molar-refractivity contribution is 6.03. The normalized spacial score (nSPS) is 17.1. The number of methoxy groups -OCH3 is 1. The Labute approximate surface area is 200 Å². The number of benzene rings is 2. The number of amides is 2. The number of nitrogens with one attached hydrogen (secondary N) is 2. The first-order chi connectivity index (χ1) is 16.7. The molecule has 2 aromatic carbocycles. The topological polar surface area (TPSA) is 137 Å². The molecule has 184 valence electrons. The van der Waals surface area contributed by atoms with Crippen molar-refractivity contribution in [2.24, 2.45) is 5.73 Å². The third kappa shape index (κ3) is 5.09. The second kappa shape index (κ2) is 9.71. The average Bonchev–Trinajstić information content (AvgIpc) is 3.19. The highest BCUT2D eigenvalue weighted by atomic mass is 19.3. The van der Waals surface area contributed by atoms with Gasteiger partial charge in [-0.15, -0.1) is 0 Å². The van der Waals surface area contributed by atoms with Crippen molar-refractivity contribution in [2.45, 2.75) is 24.9 Å². The molecule has 6 N–H and O–H groups in total. The molecule has 0 spiro atoms. The summed E-state index contributed by atoms with van der Waals surface area (Å²) in [6.45, 7) is 0.0679. The first-order valence-corrected chi connectivity index (χ1v) is 11.0. The SMILES string of the molecule is COc1ccccc1C(=O)NCc1ccc(-c2nn(C3CNCC(F)(F)C3)c(N)c2C(N)=O)cc1. The highest BCUT2D eigenvalue weighted by Gasteiger charge is 2.39. The summed E-state index contributed by atoms with van der Waals surface area (Å²) >= 11 is 0. The Morgan fingerprint density at radius 2 is 1.94 bits per heavy atom. The van der Waals surface area contributed by atoms with Crippen molar-refractivity contribution in [2.75, 3.05) is 25.9 Å². The maximum atomic E-state index is 13.9. The summed E-state index contributed by atoms with van der Waals surface area (Å²) in [7, 11) is 1.50. The van der Waals surface area contributed by atoms with Crippen molar-refractivity contribution in [3.05, 3.63) is 65.2 Å². The molecule has 1 fully saturated rings. The predicted octanol–water partition coefficient (Wildman–Crippen LogP) is 2.34. The summed E-state index contributed by atoms with van der Waals surface area (Å²) in [4.78, 5) is 24.7. The van der Waals surface area contributed by atoms with Gasteiger partial charge >= 0.3 is 0 Å². The van der Waals surface area contributed by atoms with Crippen LogP contribution in [-0.2, 0) is 6.54 Å². The number of nitrogens with zero attached hydrogens (tertiary/aromatic N) is 2. The molecule has 0 aliphatic carbocycles. The van der Waals surface area contributed by atoms with Crippen molar-refractivity contribution < 1.29 is 23.1 Å². The zero-order valence-electron chi connectivity index (χ0n) is 19.1. The fourth-order valence-electron chi connectivity index (χ4n) is 4.14. The first-order valence-electron chi connectivity index (χ1n) is 11.0. The van der Waals surface area contributed by atoms with Crippen LogP contribution in [0.1, 0.15) is 38.7 Å². The summed E-state index contributed by atoms with van der Waals surface area (Å²) < 4.78 is 34.3. The van der Waals surface area contributed by atoms with E-state index in [0.29, 0.717) is 16.9 Å². The molecular formula is C24H26F2N6O3. The molecule has 35 heavy (non-hydrogen) atoms. The van der Waals surface area contributed by atoms with Crippen LogP contribution in [0.4, 0.5) is 14.6 Å². The molecule has 0 radical (unpaired) electrons. The minimum absolute atomic E-state index is 0.0175. The maximum Gasteiger partial charge on any atom is 0.262 e. The summed E-state index contributed by atoms with van der Waals surface area (Å²) in [6.07, 6.45) is -0.450. The van der Waals surface area contributed by atoms with Gasteiger partial charge in [0.15, 0.2) is 0 Å². The van der Waals surface area contributed by atoms with E-state index in [2.05, 4.69) is 15.7 Å². The number of primary amides is 1. The molecule has 1 unspecified atom stereocenters. The Morgan fingerprint density at radius 3 is 2.60 bits per heavy atom. The van der Waals surface area contributed by atoms with E-state index in [1.54, 1.807) is 48.5 Å². The molecule has 1 aliphatic rings. The number of halogens is 2. The number of rotatable bonds is 7. The Hall–Kier alpha value is -3.99. The predicted molar refractivity (Wildman–Crippen MR) is 126 cm³/mol. The van der Waals surface area contributed by atoms with Gasteiger partial charge in [-0.25, -0.2) is 13.5 Å². The molecule has 11 heteroatoms. The van der Waals surface area contributed by atoms with Crippen molar-refractivity contribution in [3.63, 3.8) is 0 Å². The zero-order valence-corrected chi connectivity index (χ0v) is 19.1. The standard InChI is InChI=1S/C24H26F2N6O3/c1-35-18-5-3-2-4-17(18)23(34)30-11-14-6-8-15(9-7-14)20-19(22(28)33)21(27)32(31-20)16-10-24(25,26)13-29-12-16/h2-9,16,29H,10-13,27H2,1H3,(H2,28,33)(H,30,34). The number of aromatic nitrogens is 2. The van der Waals surface area contributed by atoms with Gasteiger partial charge in [0, 0.05) is 25.1 Å². The van der Waals surface area contributed by atoms with Crippen LogP contribution >= 0.6 is 0 Å². The smallest absolute Gasteiger partial charge is 0.262 e. The molecule has 0 saturated carbocycles. The number of nitrogen functional groups attached to an aromatic ring is 1. The van der Waals surface area contributed by atoms with E-state index >= 15 is 0 Å². The van der Waals surface area contributed by atoms with Crippen molar-refractivity contribution in [3.8, 4) is 17.0 Å². The monoisotopic (exact) mass is 484 g/mol. The van der Waals surface area contributed by atoms with E-state index in [-0.39, 0.29) is 36.1 Å². The van der Waals surface area contributed by atoms with Crippen LogP contribution in [0.15, 0.2) is 48.5 Å².